The van der Waals surface area contributed by atoms with Crippen molar-refractivity contribution in [3.63, 3.8) is 0 Å². The van der Waals surface area contributed by atoms with Gasteiger partial charge in [-0.25, -0.2) is 0 Å². The van der Waals surface area contributed by atoms with Gasteiger partial charge in [0.15, 0.2) is 0 Å². The van der Waals surface area contributed by atoms with E-state index in [0.717, 1.165) is 17.0 Å². The molecule has 0 saturated carbocycles. The lowest BCUT2D eigenvalue weighted by Gasteiger charge is -2.20. The summed E-state index contributed by atoms with van der Waals surface area (Å²) in [6.07, 6.45) is 13.8. The highest BCUT2D eigenvalue weighted by atomic mass is 127. The fourth-order valence-electron chi connectivity index (χ4n) is 2.85. The molecule has 0 saturated heterocycles. The molecule has 0 radical (unpaired) electrons. The summed E-state index contributed by atoms with van der Waals surface area (Å²) in [4.78, 5) is 1.54. The van der Waals surface area contributed by atoms with Gasteiger partial charge in [0.1, 0.15) is 12.6 Å². The van der Waals surface area contributed by atoms with Gasteiger partial charge in [0.2, 0.25) is 0 Å². The summed E-state index contributed by atoms with van der Waals surface area (Å²) in [5, 5.41) is 9.47. The number of unbranched alkanes of at least 4 members (excludes halogenated alkanes) is 7. The van der Waals surface area contributed by atoms with Crippen LogP contribution in [0.4, 0.5) is 0 Å². The average molecular weight is 539 g/mol. The number of hydrogen-bond acceptors (Lipinski definition) is 1. The Bertz CT molecular complexity index is 215. The molecule has 3 unspecified atom stereocenters. The molecule has 0 amide bonds. The van der Waals surface area contributed by atoms with Crippen LogP contribution in [0.15, 0.2) is 0 Å². The molecule has 3 atom stereocenters. The highest BCUT2D eigenvalue weighted by molar-refractivity contribution is 14.1. The van der Waals surface area contributed by atoms with E-state index in [1.54, 1.807) is 4.90 Å². The van der Waals surface area contributed by atoms with E-state index in [9.17, 15) is 5.11 Å². The molecule has 22 heavy (non-hydrogen) atoms. The molecule has 136 valence electrons. The van der Waals surface area contributed by atoms with Crippen LogP contribution >= 0.6 is 22.6 Å². The summed E-state index contributed by atoms with van der Waals surface area (Å²) < 4.78 is 0.818. The van der Waals surface area contributed by atoms with Gasteiger partial charge in [0.25, 0.3) is 0 Å². The lowest BCUT2D eigenvalue weighted by molar-refractivity contribution is -0.901. The molecule has 0 aliphatic carbocycles. The Morgan fingerprint density at radius 3 is 1.95 bits per heavy atom. The number of aliphatic hydroxyl groups excluding tert-OH is 1. The second-order valence-electron chi connectivity index (χ2n) is 6.56. The van der Waals surface area contributed by atoms with Crippen LogP contribution in [0.5, 0.6) is 0 Å². The van der Waals surface area contributed by atoms with Crippen molar-refractivity contribution in [3.8, 4) is 0 Å². The van der Waals surface area contributed by atoms with Crippen molar-refractivity contribution in [1.29, 1.82) is 0 Å². The standard InChI is InChI=1S/C18H38INO.HI/c1-4-6-7-8-9-10-11-12-13-18(19)14-15-20(5-2)16-17(3)21;/h17-18,21H,4-16H2,1-3H3;1H. The van der Waals surface area contributed by atoms with Crippen molar-refractivity contribution in [3.05, 3.63) is 0 Å². The number of aliphatic hydroxyl groups is 1. The Hall–Kier alpha value is 1.38. The Labute approximate surface area is 170 Å². The van der Waals surface area contributed by atoms with Crippen LogP contribution in [0.25, 0.3) is 0 Å². The third-order valence-electron chi connectivity index (χ3n) is 4.27. The number of rotatable bonds is 15. The van der Waals surface area contributed by atoms with Gasteiger partial charge in [-0.2, -0.15) is 0 Å². The van der Waals surface area contributed by atoms with E-state index in [-0.39, 0.29) is 30.1 Å². The molecule has 0 rings (SSSR count). The summed E-state index contributed by atoms with van der Waals surface area (Å²) >= 11 is 2.63. The van der Waals surface area contributed by atoms with E-state index in [2.05, 4.69) is 36.4 Å². The molecule has 0 spiro atoms. The fourth-order valence-corrected chi connectivity index (χ4v) is 3.60. The third-order valence-corrected chi connectivity index (χ3v) is 5.51. The van der Waals surface area contributed by atoms with Crippen LogP contribution in [0, 0.1) is 0 Å². The molecule has 0 aliphatic rings. The van der Waals surface area contributed by atoms with Crippen molar-refractivity contribution in [1.82, 2.24) is 0 Å². The molecule has 0 aromatic heterocycles. The van der Waals surface area contributed by atoms with Crippen LogP contribution in [-0.4, -0.2) is 34.8 Å². The van der Waals surface area contributed by atoms with E-state index in [0.29, 0.717) is 0 Å². The lowest BCUT2D eigenvalue weighted by atomic mass is 10.1. The second kappa shape index (κ2) is 18.7. The van der Waals surface area contributed by atoms with Gasteiger partial charge in [0.05, 0.1) is 13.1 Å². The lowest BCUT2D eigenvalue weighted by Crippen LogP contribution is -3.12. The van der Waals surface area contributed by atoms with E-state index >= 15 is 0 Å². The first-order valence-corrected chi connectivity index (χ1v) is 10.5. The maximum Gasteiger partial charge on any atom is 0.103 e. The Morgan fingerprint density at radius 1 is 0.909 bits per heavy atom. The van der Waals surface area contributed by atoms with E-state index in [4.69, 9.17) is 0 Å². The van der Waals surface area contributed by atoms with Crippen LogP contribution in [-0.2, 0) is 0 Å². The largest absolute Gasteiger partial charge is 1.00 e. The molecule has 0 aromatic carbocycles. The van der Waals surface area contributed by atoms with Gasteiger partial charge in [0, 0.05) is 10.3 Å². The Morgan fingerprint density at radius 2 is 1.45 bits per heavy atom. The van der Waals surface area contributed by atoms with Gasteiger partial charge >= 0.3 is 0 Å². The number of nitrogens with one attached hydrogen (secondary N) is 1. The maximum atomic E-state index is 9.47. The number of hydrogen-bond donors (Lipinski definition) is 2. The van der Waals surface area contributed by atoms with Crippen molar-refractivity contribution in [2.75, 3.05) is 19.6 Å². The summed E-state index contributed by atoms with van der Waals surface area (Å²) in [6.45, 7) is 9.65. The van der Waals surface area contributed by atoms with Gasteiger partial charge < -0.3 is 34.0 Å². The molecule has 4 heteroatoms. The van der Waals surface area contributed by atoms with E-state index in [1.165, 1.54) is 70.8 Å². The number of alkyl halides is 1. The average Bonchev–Trinajstić information content (AvgIpc) is 2.45. The monoisotopic (exact) mass is 539 g/mol. The van der Waals surface area contributed by atoms with Crippen molar-refractivity contribution in [2.45, 2.75) is 95.0 Å². The second-order valence-corrected chi connectivity index (χ2v) is 8.32. The number of likely N-dealkylation sites (N-methyl/N-ethyl adjacent to an activating group) is 1. The minimum Gasteiger partial charge on any atom is -1.00 e. The van der Waals surface area contributed by atoms with Crippen LogP contribution in [0.2, 0.25) is 0 Å². The zero-order valence-corrected chi connectivity index (χ0v) is 19.4. The smallest absolute Gasteiger partial charge is 0.103 e. The van der Waals surface area contributed by atoms with Crippen molar-refractivity contribution in [2.24, 2.45) is 0 Å². The Balaban J connectivity index is 0. The highest BCUT2D eigenvalue weighted by Gasteiger charge is 2.12. The zero-order chi connectivity index (χ0) is 15.9. The molecule has 0 bridgehead atoms. The summed E-state index contributed by atoms with van der Waals surface area (Å²) in [6, 6.07) is 0. The van der Waals surface area contributed by atoms with Gasteiger partial charge in [-0.1, -0.05) is 80.9 Å². The zero-order valence-electron chi connectivity index (χ0n) is 15.1. The summed E-state index contributed by atoms with van der Waals surface area (Å²) in [5.74, 6) is 0. The molecule has 0 heterocycles. The summed E-state index contributed by atoms with van der Waals surface area (Å²) in [5.41, 5.74) is 0. The van der Waals surface area contributed by atoms with Crippen LogP contribution in [0.3, 0.4) is 0 Å². The first-order chi connectivity index (χ1) is 10.1. The normalized spacial score (nSPS) is 15.1. The minimum absolute atomic E-state index is 0. The quantitative estimate of drug-likeness (QED) is 0.181. The minimum atomic E-state index is -0.166. The molecule has 0 fully saturated rings. The van der Waals surface area contributed by atoms with E-state index in [1.807, 2.05) is 6.92 Å². The molecule has 0 aromatic rings. The van der Waals surface area contributed by atoms with E-state index < -0.39 is 0 Å². The first-order valence-electron chi connectivity index (χ1n) is 9.25. The molecule has 2 nitrogen and oxygen atoms in total. The fraction of sp³-hybridized carbons (Fsp3) is 1.00. The SMILES string of the molecule is CCCCCCCCCCC(I)CC[NH+](CC)CC(C)O.[I-]. The van der Waals surface area contributed by atoms with Gasteiger partial charge in [-0.15, -0.1) is 0 Å². The van der Waals surface area contributed by atoms with Gasteiger partial charge in [-0.05, 0) is 20.3 Å². The predicted molar refractivity (Wildman–Crippen MR) is 103 cm³/mol. The number of halogens is 2. The topological polar surface area (TPSA) is 24.7 Å². The molecule has 2 N–H and O–H groups in total. The summed E-state index contributed by atoms with van der Waals surface area (Å²) in [7, 11) is 0. The van der Waals surface area contributed by atoms with Crippen molar-refractivity contribution < 1.29 is 34.0 Å². The van der Waals surface area contributed by atoms with Gasteiger partial charge in [-0.3, -0.25) is 0 Å². The predicted octanol–water partition coefficient (Wildman–Crippen LogP) is 1.00. The maximum absolute atomic E-state index is 9.47. The van der Waals surface area contributed by atoms with Crippen LogP contribution in [0.1, 0.15) is 85.0 Å². The molecule has 0 aliphatic heterocycles. The Kier molecular flexibility index (Phi) is 21.8. The number of quaternary nitrogens is 1. The first kappa shape index (κ1) is 25.6. The molecular formula is C18H39I2NO. The third kappa shape index (κ3) is 17.7. The molecular weight excluding hydrogens is 500 g/mol. The highest BCUT2D eigenvalue weighted by Crippen LogP contribution is 2.16. The van der Waals surface area contributed by atoms with Crippen LogP contribution < -0.4 is 28.9 Å². The van der Waals surface area contributed by atoms with Crippen molar-refractivity contribution >= 4 is 22.6 Å².